The average molecular weight is 268 g/mol. The first-order chi connectivity index (χ1) is 8.61. The number of aliphatic hydroxyl groups excluding tert-OH is 1. The largest absolute Gasteiger partial charge is 0.385 e. The second kappa shape index (κ2) is 5.68. The van der Waals surface area contributed by atoms with Crippen LogP contribution in [-0.2, 0) is 0 Å². The highest BCUT2D eigenvalue weighted by Crippen LogP contribution is 2.47. The van der Waals surface area contributed by atoms with Crippen LogP contribution in [0.5, 0.6) is 0 Å². The zero-order valence-electron chi connectivity index (χ0n) is 11.4. The van der Waals surface area contributed by atoms with Crippen molar-refractivity contribution in [1.29, 1.82) is 0 Å². The smallest absolute Gasteiger partial charge is 0.122 e. The molecule has 1 heterocycles. The van der Waals surface area contributed by atoms with Crippen LogP contribution < -0.4 is 5.73 Å². The Morgan fingerprint density at radius 1 is 1.56 bits per heavy atom. The van der Waals surface area contributed by atoms with Crippen LogP contribution >= 0.6 is 11.3 Å². The van der Waals surface area contributed by atoms with Crippen molar-refractivity contribution in [3.8, 4) is 0 Å². The Morgan fingerprint density at radius 3 is 2.67 bits per heavy atom. The van der Waals surface area contributed by atoms with Gasteiger partial charge < -0.3 is 10.8 Å². The molecule has 0 spiro atoms. The fourth-order valence-electron chi connectivity index (χ4n) is 3.01. The van der Waals surface area contributed by atoms with Crippen molar-refractivity contribution >= 4 is 11.3 Å². The fourth-order valence-corrected chi connectivity index (χ4v) is 3.93. The Balaban J connectivity index is 2.13. The molecule has 4 heteroatoms. The molecule has 0 aromatic carbocycles. The molecule has 1 atom stereocenters. The predicted octanol–water partition coefficient (Wildman–Crippen LogP) is 3.03. The summed E-state index contributed by atoms with van der Waals surface area (Å²) in [5, 5.41) is 13.5. The molecule has 1 unspecified atom stereocenters. The molecule has 0 saturated heterocycles. The molecule has 0 radical (unpaired) electrons. The van der Waals surface area contributed by atoms with Crippen LogP contribution in [0.3, 0.4) is 0 Å². The number of aryl methyl sites for hydroxylation is 1. The van der Waals surface area contributed by atoms with Crippen molar-refractivity contribution < 1.29 is 5.11 Å². The normalized spacial score (nSPS) is 30.3. The highest BCUT2D eigenvalue weighted by atomic mass is 32.1. The van der Waals surface area contributed by atoms with Gasteiger partial charge in [-0.25, -0.2) is 4.98 Å². The first-order valence-corrected chi connectivity index (χ1v) is 7.79. The molecule has 1 aromatic rings. The molecule has 102 valence electrons. The molecule has 0 amide bonds. The van der Waals surface area contributed by atoms with E-state index in [9.17, 15) is 5.11 Å². The summed E-state index contributed by atoms with van der Waals surface area (Å²) in [6.45, 7) is 4.78. The minimum Gasteiger partial charge on any atom is -0.385 e. The van der Waals surface area contributed by atoms with E-state index in [0.29, 0.717) is 6.54 Å². The lowest BCUT2D eigenvalue weighted by Gasteiger charge is -2.42. The molecule has 1 saturated carbocycles. The van der Waals surface area contributed by atoms with E-state index in [2.05, 4.69) is 11.9 Å². The maximum absolute atomic E-state index is 10.6. The monoisotopic (exact) mass is 268 g/mol. The van der Waals surface area contributed by atoms with Crippen molar-refractivity contribution in [2.45, 2.75) is 52.1 Å². The van der Waals surface area contributed by atoms with Gasteiger partial charge in [-0.3, -0.25) is 0 Å². The molecule has 2 rings (SSSR count). The van der Waals surface area contributed by atoms with Gasteiger partial charge in [-0.2, -0.15) is 0 Å². The number of rotatable bonds is 4. The van der Waals surface area contributed by atoms with E-state index >= 15 is 0 Å². The number of aromatic nitrogens is 1. The van der Waals surface area contributed by atoms with E-state index in [0.717, 1.165) is 29.5 Å². The predicted molar refractivity (Wildman–Crippen MR) is 75.5 cm³/mol. The van der Waals surface area contributed by atoms with Gasteiger partial charge in [-0.15, -0.1) is 11.3 Å². The number of thiazole rings is 1. The van der Waals surface area contributed by atoms with E-state index < -0.39 is 6.10 Å². The molecule has 0 bridgehead atoms. The zero-order valence-corrected chi connectivity index (χ0v) is 12.2. The van der Waals surface area contributed by atoms with Crippen molar-refractivity contribution in [3.63, 3.8) is 0 Å². The SMILES string of the molecule is CCC1CCC(CN)(C(O)c2nc(C)cs2)CC1. The van der Waals surface area contributed by atoms with Gasteiger partial charge in [-0.05, 0) is 38.5 Å². The fraction of sp³-hybridized carbons (Fsp3) is 0.786. The van der Waals surface area contributed by atoms with Crippen LogP contribution in [0.15, 0.2) is 5.38 Å². The van der Waals surface area contributed by atoms with Crippen molar-refractivity contribution in [2.75, 3.05) is 6.54 Å². The number of hydrogen-bond donors (Lipinski definition) is 2. The standard InChI is InChI=1S/C14H24N2OS/c1-3-11-4-6-14(9-15,7-5-11)12(17)13-16-10(2)8-18-13/h8,11-12,17H,3-7,9,15H2,1-2H3. The maximum atomic E-state index is 10.6. The van der Waals surface area contributed by atoms with Crippen LogP contribution in [0.1, 0.15) is 55.8 Å². The summed E-state index contributed by atoms with van der Waals surface area (Å²) in [7, 11) is 0. The molecule has 3 nitrogen and oxygen atoms in total. The molecule has 1 aliphatic carbocycles. The van der Waals surface area contributed by atoms with Gasteiger partial charge in [0.05, 0.1) is 0 Å². The summed E-state index contributed by atoms with van der Waals surface area (Å²) in [5.74, 6) is 0.815. The molecule has 1 aliphatic rings. The van der Waals surface area contributed by atoms with Crippen LogP contribution in [0, 0.1) is 18.3 Å². The van der Waals surface area contributed by atoms with E-state index in [-0.39, 0.29) is 5.41 Å². The van der Waals surface area contributed by atoms with Gasteiger partial charge in [0.1, 0.15) is 11.1 Å². The molecular weight excluding hydrogens is 244 g/mol. The first-order valence-electron chi connectivity index (χ1n) is 6.91. The Labute approximate surface area is 113 Å². The summed E-state index contributed by atoms with van der Waals surface area (Å²) in [6, 6.07) is 0. The summed E-state index contributed by atoms with van der Waals surface area (Å²) < 4.78 is 0. The quantitative estimate of drug-likeness (QED) is 0.882. The van der Waals surface area contributed by atoms with Gasteiger partial charge in [0.25, 0.3) is 0 Å². The Hall–Kier alpha value is -0.450. The number of nitrogens with two attached hydrogens (primary N) is 1. The summed E-state index contributed by atoms with van der Waals surface area (Å²) >= 11 is 1.56. The van der Waals surface area contributed by atoms with Crippen LogP contribution in [-0.4, -0.2) is 16.6 Å². The number of hydrogen-bond acceptors (Lipinski definition) is 4. The molecular formula is C14H24N2OS. The second-order valence-corrected chi connectivity index (χ2v) is 6.54. The second-order valence-electron chi connectivity index (χ2n) is 5.65. The zero-order chi connectivity index (χ0) is 13.2. The topological polar surface area (TPSA) is 59.1 Å². The molecule has 1 aromatic heterocycles. The first kappa shape index (κ1) is 14.0. The van der Waals surface area contributed by atoms with Gasteiger partial charge in [0.2, 0.25) is 0 Å². The Kier molecular flexibility index (Phi) is 4.41. The highest BCUT2D eigenvalue weighted by molar-refractivity contribution is 7.09. The van der Waals surface area contributed by atoms with Crippen molar-refractivity contribution in [2.24, 2.45) is 17.1 Å². The van der Waals surface area contributed by atoms with Gasteiger partial charge in [-0.1, -0.05) is 13.3 Å². The number of aliphatic hydroxyl groups is 1. The van der Waals surface area contributed by atoms with Crippen LogP contribution in [0.25, 0.3) is 0 Å². The van der Waals surface area contributed by atoms with E-state index in [1.165, 1.54) is 19.3 Å². The molecule has 1 fully saturated rings. The Morgan fingerprint density at radius 2 is 2.22 bits per heavy atom. The van der Waals surface area contributed by atoms with Crippen LogP contribution in [0.4, 0.5) is 0 Å². The van der Waals surface area contributed by atoms with Gasteiger partial charge >= 0.3 is 0 Å². The Bertz CT molecular complexity index is 383. The minimum atomic E-state index is -0.487. The van der Waals surface area contributed by atoms with E-state index in [1.807, 2.05) is 12.3 Å². The van der Waals surface area contributed by atoms with Gasteiger partial charge in [0.15, 0.2) is 0 Å². The third-order valence-electron chi connectivity index (χ3n) is 4.54. The highest BCUT2D eigenvalue weighted by Gasteiger charge is 2.41. The van der Waals surface area contributed by atoms with Crippen LogP contribution in [0.2, 0.25) is 0 Å². The summed E-state index contributed by atoms with van der Waals surface area (Å²) in [4.78, 5) is 4.43. The molecule has 18 heavy (non-hydrogen) atoms. The molecule has 0 aliphatic heterocycles. The minimum absolute atomic E-state index is 0.143. The summed E-state index contributed by atoms with van der Waals surface area (Å²) in [5.41, 5.74) is 6.83. The average Bonchev–Trinajstić information content (AvgIpc) is 2.84. The lowest BCUT2D eigenvalue weighted by Crippen LogP contribution is -2.40. The van der Waals surface area contributed by atoms with Crippen molar-refractivity contribution in [3.05, 3.63) is 16.1 Å². The lowest BCUT2D eigenvalue weighted by atomic mass is 9.67. The lowest BCUT2D eigenvalue weighted by molar-refractivity contribution is -0.0105. The summed E-state index contributed by atoms with van der Waals surface area (Å²) in [6.07, 6.45) is 5.19. The van der Waals surface area contributed by atoms with Gasteiger partial charge in [0, 0.05) is 23.0 Å². The van der Waals surface area contributed by atoms with Crippen molar-refractivity contribution in [1.82, 2.24) is 4.98 Å². The van der Waals surface area contributed by atoms with E-state index in [4.69, 9.17) is 5.73 Å². The third kappa shape index (κ3) is 2.60. The maximum Gasteiger partial charge on any atom is 0.122 e. The third-order valence-corrected chi connectivity index (χ3v) is 5.55. The number of nitrogens with zero attached hydrogens (tertiary/aromatic N) is 1. The van der Waals surface area contributed by atoms with E-state index in [1.54, 1.807) is 11.3 Å². The molecule has 3 N–H and O–H groups in total.